The lowest BCUT2D eigenvalue weighted by Gasteiger charge is -2.34. The van der Waals surface area contributed by atoms with Crippen molar-refractivity contribution in [3.8, 4) is 0 Å². The second kappa shape index (κ2) is 10.9. The van der Waals surface area contributed by atoms with Crippen molar-refractivity contribution in [1.29, 1.82) is 0 Å². The molecule has 23 heavy (non-hydrogen) atoms. The van der Waals surface area contributed by atoms with Crippen LogP contribution in [-0.2, 0) is 9.53 Å². The lowest BCUT2D eigenvalue weighted by Crippen LogP contribution is -2.58. The third kappa shape index (κ3) is 6.35. The highest BCUT2D eigenvalue weighted by molar-refractivity contribution is 5.80. The smallest absolute Gasteiger partial charge is 0.340 e. The molecule has 0 heterocycles. The lowest BCUT2D eigenvalue weighted by molar-refractivity contribution is -0.197. The van der Waals surface area contributed by atoms with Crippen LogP contribution in [0.25, 0.3) is 0 Å². The monoisotopic (exact) mass is 336 g/mol. The van der Waals surface area contributed by atoms with Crippen LogP contribution < -0.4 is 0 Å². The van der Waals surface area contributed by atoms with Crippen LogP contribution >= 0.6 is 0 Å². The lowest BCUT2D eigenvalue weighted by atomic mass is 9.88. The molecule has 5 unspecified atom stereocenters. The summed E-state index contributed by atoms with van der Waals surface area (Å²) in [5.41, 5.74) is -2.33. The van der Waals surface area contributed by atoms with E-state index in [0.717, 1.165) is 25.7 Å². The normalized spacial score (nSPS) is 19.5. The van der Waals surface area contributed by atoms with E-state index < -0.39 is 36.5 Å². The fraction of sp³-hybridized carbons (Fsp3) is 0.938. The first kappa shape index (κ1) is 22.3. The van der Waals surface area contributed by atoms with E-state index >= 15 is 0 Å². The van der Waals surface area contributed by atoms with Gasteiger partial charge in [0.25, 0.3) is 0 Å². The van der Waals surface area contributed by atoms with E-state index in [1.54, 1.807) is 0 Å². The molecule has 0 bridgehead atoms. The van der Waals surface area contributed by atoms with E-state index in [2.05, 4.69) is 6.92 Å². The van der Waals surface area contributed by atoms with Crippen LogP contribution in [0.15, 0.2) is 0 Å². The predicted octanol–water partition coefficient (Wildman–Crippen LogP) is -0.0379. The van der Waals surface area contributed by atoms with Gasteiger partial charge in [-0.1, -0.05) is 40.0 Å². The van der Waals surface area contributed by atoms with Crippen molar-refractivity contribution >= 4 is 5.97 Å². The maximum Gasteiger partial charge on any atom is 0.340 e. The summed E-state index contributed by atoms with van der Waals surface area (Å²) in [6.45, 7) is 4.83. The Bertz CT molecular complexity index is 336. The SMILES string of the molecule is CCCCC(CC)COC(=O)C(O)(CC)C(O)C(O)C(O)CO. The van der Waals surface area contributed by atoms with Gasteiger partial charge in [0.15, 0.2) is 5.60 Å². The summed E-state index contributed by atoms with van der Waals surface area (Å²) in [7, 11) is 0. The quantitative estimate of drug-likeness (QED) is 0.316. The van der Waals surface area contributed by atoms with Crippen molar-refractivity contribution < 1.29 is 35.1 Å². The van der Waals surface area contributed by atoms with Gasteiger partial charge in [0.05, 0.1) is 13.2 Å². The maximum absolute atomic E-state index is 12.2. The summed E-state index contributed by atoms with van der Waals surface area (Å²) in [6.07, 6.45) is -1.91. The van der Waals surface area contributed by atoms with Gasteiger partial charge in [0.2, 0.25) is 0 Å². The van der Waals surface area contributed by atoms with Gasteiger partial charge in [-0.2, -0.15) is 0 Å². The summed E-state index contributed by atoms with van der Waals surface area (Å²) >= 11 is 0. The zero-order chi connectivity index (χ0) is 18.0. The average Bonchev–Trinajstić information content (AvgIpc) is 2.58. The number of ether oxygens (including phenoxy) is 1. The maximum atomic E-state index is 12.2. The molecule has 0 fully saturated rings. The highest BCUT2D eigenvalue weighted by atomic mass is 16.6. The van der Waals surface area contributed by atoms with E-state index in [1.807, 2.05) is 6.92 Å². The average molecular weight is 336 g/mol. The van der Waals surface area contributed by atoms with Crippen molar-refractivity contribution in [3.05, 3.63) is 0 Å². The molecule has 0 aliphatic heterocycles. The molecular formula is C16H32O7. The molecule has 0 aliphatic rings. The molecule has 0 spiro atoms. The van der Waals surface area contributed by atoms with E-state index in [1.165, 1.54) is 6.92 Å². The Morgan fingerprint density at radius 1 is 1.17 bits per heavy atom. The van der Waals surface area contributed by atoms with E-state index in [9.17, 15) is 25.2 Å². The summed E-state index contributed by atoms with van der Waals surface area (Å²) < 4.78 is 5.13. The van der Waals surface area contributed by atoms with Crippen LogP contribution in [0.2, 0.25) is 0 Å². The summed E-state index contributed by atoms with van der Waals surface area (Å²) in [5.74, 6) is -0.864. The molecule has 7 heteroatoms. The number of hydrogen-bond donors (Lipinski definition) is 5. The first-order chi connectivity index (χ1) is 10.8. The number of hydrogen-bond acceptors (Lipinski definition) is 7. The number of esters is 1. The number of rotatable bonds is 12. The van der Waals surface area contributed by atoms with Gasteiger partial charge in [-0.3, -0.25) is 0 Å². The number of carbonyl (C=O) groups is 1. The topological polar surface area (TPSA) is 127 Å². The van der Waals surface area contributed by atoms with Crippen molar-refractivity contribution in [2.45, 2.75) is 76.8 Å². The molecule has 0 aromatic carbocycles. The second-order valence-corrected chi connectivity index (χ2v) is 5.98. The van der Waals surface area contributed by atoms with Gasteiger partial charge in [-0.05, 0) is 18.8 Å². The molecule has 0 saturated heterocycles. The second-order valence-electron chi connectivity index (χ2n) is 5.98. The molecular weight excluding hydrogens is 304 g/mol. The zero-order valence-corrected chi connectivity index (χ0v) is 14.3. The zero-order valence-electron chi connectivity index (χ0n) is 14.3. The van der Waals surface area contributed by atoms with Crippen LogP contribution in [-0.4, -0.2) is 68.6 Å². The minimum atomic E-state index is -2.33. The predicted molar refractivity (Wildman–Crippen MR) is 84.6 cm³/mol. The highest BCUT2D eigenvalue weighted by Gasteiger charge is 2.48. The van der Waals surface area contributed by atoms with Crippen LogP contribution in [0.4, 0.5) is 0 Å². The summed E-state index contributed by atoms with van der Waals surface area (Å²) in [6, 6.07) is 0. The van der Waals surface area contributed by atoms with Crippen molar-refractivity contribution in [3.63, 3.8) is 0 Å². The van der Waals surface area contributed by atoms with Crippen molar-refractivity contribution in [2.24, 2.45) is 5.92 Å². The Hall–Kier alpha value is -0.730. The van der Waals surface area contributed by atoms with Crippen LogP contribution in [0, 0.1) is 5.92 Å². The third-order valence-electron chi connectivity index (χ3n) is 4.28. The number of carbonyl (C=O) groups excluding carboxylic acids is 1. The molecule has 0 radical (unpaired) electrons. The Morgan fingerprint density at radius 3 is 2.22 bits per heavy atom. The summed E-state index contributed by atoms with van der Waals surface area (Å²) in [5, 5.41) is 48.2. The molecule has 0 amide bonds. The fourth-order valence-corrected chi connectivity index (χ4v) is 2.29. The van der Waals surface area contributed by atoms with Crippen LogP contribution in [0.5, 0.6) is 0 Å². The summed E-state index contributed by atoms with van der Waals surface area (Å²) in [4.78, 5) is 12.2. The van der Waals surface area contributed by atoms with Gasteiger partial charge in [0, 0.05) is 0 Å². The first-order valence-electron chi connectivity index (χ1n) is 8.32. The van der Waals surface area contributed by atoms with E-state index in [0.29, 0.717) is 0 Å². The van der Waals surface area contributed by atoms with Crippen molar-refractivity contribution in [1.82, 2.24) is 0 Å². The largest absolute Gasteiger partial charge is 0.463 e. The van der Waals surface area contributed by atoms with Gasteiger partial charge < -0.3 is 30.3 Å². The third-order valence-corrected chi connectivity index (χ3v) is 4.28. The number of aliphatic hydroxyl groups is 5. The van der Waals surface area contributed by atoms with Gasteiger partial charge in [-0.15, -0.1) is 0 Å². The van der Waals surface area contributed by atoms with Crippen LogP contribution in [0.1, 0.15) is 52.9 Å². The highest BCUT2D eigenvalue weighted by Crippen LogP contribution is 2.23. The number of aliphatic hydroxyl groups excluding tert-OH is 4. The fourth-order valence-electron chi connectivity index (χ4n) is 2.29. The minimum absolute atomic E-state index is 0.128. The Balaban J connectivity index is 4.81. The Morgan fingerprint density at radius 2 is 1.78 bits per heavy atom. The standard InChI is InChI=1S/C16H32O7/c1-4-7-8-11(5-2)10-23-15(21)16(22,6-3)14(20)13(19)12(18)9-17/h11-14,17-20,22H,4-10H2,1-3H3. The van der Waals surface area contributed by atoms with Gasteiger partial charge in [0.1, 0.15) is 18.3 Å². The molecule has 0 aromatic rings. The van der Waals surface area contributed by atoms with Gasteiger partial charge >= 0.3 is 5.97 Å². The van der Waals surface area contributed by atoms with E-state index in [4.69, 9.17) is 9.84 Å². The van der Waals surface area contributed by atoms with Crippen LogP contribution in [0.3, 0.4) is 0 Å². The molecule has 0 saturated carbocycles. The Labute approximate surface area is 137 Å². The molecule has 5 atom stereocenters. The van der Waals surface area contributed by atoms with Gasteiger partial charge in [-0.25, -0.2) is 4.79 Å². The Kier molecular flexibility index (Phi) is 10.6. The van der Waals surface area contributed by atoms with Crippen molar-refractivity contribution in [2.75, 3.05) is 13.2 Å². The molecule has 0 aliphatic carbocycles. The minimum Gasteiger partial charge on any atom is -0.463 e. The number of unbranched alkanes of at least 4 members (excludes halogenated alkanes) is 1. The molecule has 138 valence electrons. The molecule has 7 nitrogen and oxygen atoms in total. The molecule has 0 rings (SSSR count). The van der Waals surface area contributed by atoms with E-state index in [-0.39, 0.29) is 18.9 Å². The first-order valence-corrected chi connectivity index (χ1v) is 8.32. The molecule has 0 aromatic heterocycles. The molecule has 5 N–H and O–H groups in total.